The first kappa shape index (κ1) is 30.1. The number of allylic oxidation sites excluding steroid dienone is 2. The molecule has 0 radical (unpaired) electrons. The summed E-state index contributed by atoms with van der Waals surface area (Å²) >= 11 is 1.64. The molecule has 0 spiro atoms. The Labute approximate surface area is 246 Å². The molecule has 0 atom stereocenters. The van der Waals surface area contributed by atoms with Gasteiger partial charge >= 0.3 is 0 Å². The highest BCUT2D eigenvalue weighted by Gasteiger charge is 2.33. The maximum atomic E-state index is 4.88. The number of hydrogen-bond donors (Lipinski definition) is 2. The second kappa shape index (κ2) is 11.6. The lowest BCUT2D eigenvalue weighted by Crippen LogP contribution is -2.36. The summed E-state index contributed by atoms with van der Waals surface area (Å²) in [5, 5.41) is 4.26. The van der Waals surface area contributed by atoms with Gasteiger partial charge in [-0.15, -0.1) is 9.39 Å². The van der Waals surface area contributed by atoms with Crippen LogP contribution in [0.5, 0.6) is 0 Å². The predicted molar refractivity (Wildman–Crippen MR) is 183 cm³/mol. The molecule has 3 heterocycles. The molecule has 1 fully saturated rings. The van der Waals surface area contributed by atoms with Crippen molar-refractivity contribution >= 4 is 55.1 Å². The lowest BCUT2D eigenvalue weighted by Gasteiger charge is -2.35. The van der Waals surface area contributed by atoms with E-state index in [0.717, 1.165) is 69.4 Å². The Kier molecular flexibility index (Phi) is 8.69. The van der Waals surface area contributed by atoms with Gasteiger partial charge in [0.25, 0.3) is 0 Å². The van der Waals surface area contributed by atoms with Crippen LogP contribution in [0.2, 0.25) is 0 Å². The van der Waals surface area contributed by atoms with Crippen molar-refractivity contribution in [3.8, 4) is 0 Å². The summed E-state index contributed by atoms with van der Waals surface area (Å²) in [5.41, 5.74) is 6.95. The van der Waals surface area contributed by atoms with E-state index in [-0.39, 0.29) is 5.54 Å². The lowest BCUT2D eigenvalue weighted by atomic mass is 10.0. The first-order valence-corrected chi connectivity index (χ1v) is 16.6. The van der Waals surface area contributed by atoms with Gasteiger partial charge in [-0.25, -0.2) is 4.98 Å². The lowest BCUT2D eigenvalue weighted by molar-refractivity contribution is 0.225. The maximum absolute atomic E-state index is 4.88. The summed E-state index contributed by atoms with van der Waals surface area (Å²) in [6, 6.07) is 10.6. The molecule has 0 bridgehead atoms. The van der Waals surface area contributed by atoms with E-state index in [1.54, 1.807) is 11.8 Å². The molecule has 1 aromatic heterocycles. The SMILES string of the molecule is C=C(Nc1cccc(N2CCCCC2=C)n1)SC(=C(C)C)c1cc2c(c(S(=C)(=C)NC)c1)C(=C)N(C(C)(C)C)C2. The number of benzene rings is 1. The van der Waals surface area contributed by atoms with Crippen molar-refractivity contribution in [1.82, 2.24) is 14.6 Å². The Hall–Kier alpha value is -2.87. The van der Waals surface area contributed by atoms with E-state index in [2.05, 4.69) is 98.1 Å². The van der Waals surface area contributed by atoms with E-state index in [9.17, 15) is 0 Å². The zero-order valence-electron chi connectivity index (χ0n) is 25.1. The first-order valence-electron chi connectivity index (χ1n) is 13.8. The van der Waals surface area contributed by atoms with Crippen LogP contribution in [-0.2, 0) is 6.54 Å². The van der Waals surface area contributed by atoms with Crippen LogP contribution < -0.4 is 14.9 Å². The Morgan fingerprint density at radius 2 is 1.82 bits per heavy atom. The zero-order chi connectivity index (χ0) is 29.4. The maximum Gasteiger partial charge on any atom is 0.135 e. The summed E-state index contributed by atoms with van der Waals surface area (Å²) in [6.07, 6.45) is 3.37. The van der Waals surface area contributed by atoms with Crippen LogP contribution in [0.1, 0.15) is 70.6 Å². The monoisotopic (exact) mass is 575 g/mol. The van der Waals surface area contributed by atoms with Crippen molar-refractivity contribution in [2.75, 3.05) is 23.8 Å². The number of rotatable bonds is 8. The van der Waals surface area contributed by atoms with E-state index < -0.39 is 9.39 Å². The highest BCUT2D eigenvalue weighted by molar-refractivity contribution is 8.26. The summed E-state index contributed by atoms with van der Waals surface area (Å²) < 4.78 is 3.40. The predicted octanol–water partition coefficient (Wildman–Crippen LogP) is 8.40. The summed E-state index contributed by atoms with van der Waals surface area (Å²) in [7, 11) is 0.208. The Morgan fingerprint density at radius 3 is 2.45 bits per heavy atom. The normalized spacial score (nSPS) is 15.8. The van der Waals surface area contributed by atoms with Crippen molar-refractivity contribution in [1.29, 1.82) is 0 Å². The number of aromatic nitrogens is 1. The molecule has 1 saturated heterocycles. The fourth-order valence-corrected chi connectivity index (χ4v) is 7.32. The second-order valence-electron chi connectivity index (χ2n) is 11.8. The minimum absolute atomic E-state index is 0.0398. The average Bonchev–Trinajstić information content (AvgIpc) is 3.23. The van der Waals surface area contributed by atoms with Gasteiger partial charge in [-0.05, 0) is 96.3 Å². The standard InChI is InChI=1S/C33H45N5S2/c1-22(2)32(39-25(5)35-29-16-14-17-30(36-29)37-18-13-12-15-23(37)3)26-19-27-21-38(33(6,7)8)24(4)31(27)28(20-26)40(10,11)34-9/h14,16-17,19-20,34H,3-5,10-13,15,18,21H2,1-2,6-9H3,(H,35,36). The van der Waals surface area contributed by atoms with Crippen LogP contribution in [0.15, 0.2) is 71.3 Å². The minimum atomic E-state index is -1.73. The molecule has 2 aromatic rings. The van der Waals surface area contributed by atoms with Gasteiger partial charge in [0.15, 0.2) is 0 Å². The van der Waals surface area contributed by atoms with Crippen molar-refractivity contribution < 1.29 is 0 Å². The molecule has 0 amide bonds. The molecule has 2 aliphatic rings. The van der Waals surface area contributed by atoms with Crippen molar-refractivity contribution in [3.63, 3.8) is 0 Å². The van der Waals surface area contributed by atoms with Gasteiger partial charge in [-0.3, -0.25) is 4.72 Å². The van der Waals surface area contributed by atoms with Crippen molar-refractivity contribution in [3.05, 3.63) is 83.1 Å². The van der Waals surface area contributed by atoms with E-state index in [1.807, 2.05) is 25.2 Å². The third kappa shape index (κ3) is 6.22. The van der Waals surface area contributed by atoms with E-state index in [0.29, 0.717) is 0 Å². The highest BCUT2D eigenvalue weighted by Crippen LogP contribution is 2.47. The fourth-order valence-electron chi connectivity index (χ4n) is 5.27. The number of pyridine rings is 1. The minimum Gasteiger partial charge on any atom is -0.362 e. The summed E-state index contributed by atoms with van der Waals surface area (Å²) in [5.74, 6) is 10.7. The van der Waals surface area contributed by atoms with Gasteiger partial charge in [-0.2, -0.15) is 0 Å². The van der Waals surface area contributed by atoms with Gasteiger partial charge in [0.2, 0.25) is 0 Å². The largest absolute Gasteiger partial charge is 0.362 e. The quantitative estimate of drug-likeness (QED) is 0.308. The van der Waals surface area contributed by atoms with E-state index in [1.165, 1.54) is 23.1 Å². The second-order valence-corrected chi connectivity index (χ2v) is 15.6. The molecule has 1 aromatic carbocycles. The molecule has 0 unspecified atom stereocenters. The smallest absolute Gasteiger partial charge is 0.135 e. The molecule has 40 heavy (non-hydrogen) atoms. The van der Waals surface area contributed by atoms with E-state index >= 15 is 0 Å². The van der Waals surface area contributed by atoms with Crippen LogP contribution in [0.3, 0.4) is 0 Å². The molecule has 0 aliphatic carbocycles. The first-order chi connectivity index (χ1) is 18.7. The van der Waals surface area contributed by atoms with Crippen LogP contribution in [-0.4, -0.2) is 40.8 Å². The molecule has 4 rings (SSSR count). The van der Waals surface area contributed by atoms with Crippen molar-refractivity contribution in [2.24, 2.45) is 0 Å². The Bertz CT molecular complexity index is 1490. The zero-order valence-corrected chi connectivity index (χ0v) is 26.7. The average molecular weight is 576 g/mol. The van der Waals surface area contributed by atoms with Gasteiger partial charge in [-0.1, -0.05) is 54.9 Å². The van der Waals surface area contributed by atoms with Gasteiger partial charge in [0.05, 0.1) is 5.03 Å². The number of nitrogens with one attached hydrogen (secondary N) is 2. The molecule has 7 heteroatoms. The molecule has 2 aliphatic heterocycles. The highest BCUT2D eigenvalue weighted by atomic mass is 32.2. The van der Waals surface area contributed by atoms with Crippen LogP contribution in [0.4, 0.5) is 11.6 Å². The molecule has 0 saturated carbocycles. The molecule has 5 nitrogen and oxygen atoms in total. The molecular weight excluding hydrogens is 531 g/mol. The van der Waals surface area contributed by atoms with E-state index in [4.69, 9.17) is 4.98 Å². The van der Waals surface area contributed by atoms with Gasteiger partial charge in [0, 0.05) is 45.4 Å². The Balaban J connectivity index is 1.65. The van der Waals surface area contributed by atoms with Crippen LogP contribution >= 0.6 is 21.2 Å². The number of hydrogen-bond acceptors (Lipinski definition) is 6. The number of fused-ring (bicyclic) bond motifs is 1. The topological polar surface area (TPSA) is 43.4 Å². The Morgan fingerprint density at radius 1 is 1.10 bits per heavy atom. The summed E-state index contributed by atoms with van der Waals surface area (Å²) in [6.45, 7) is 25.9. The molecular formula is C33H45N5S2. The fraction of sp³-hybridized carbons (Fsp3) is 0.364. The van der Waals surface area contributed by atoms with Crippen LogP contribution in [0, 0.1) is 0 Å². The van der Waals surface area contributed by atoms with Gasteiger partial charge < -0.3 is 15.1 Å². The molecule has 214 valence electrons. The number of anilines is 2. The number of piperidine rings is 1. The molecule has 2 N–H and O–H groups in total. The van der Waals surface area contributed by atoms with Gasteiger partial charge in [0.1, 0.15) is 11.6 Å². The van der Waals surface area contributed by atoms with Crippen molar-refractivity contribution in [2.45, 2.75) is 70.9 Å². The number of thioether (sulfide) groups is 1. The van der Waals surface area contributed by atoms with Crippen LogP contribution in [0.25, 0.3) is 10.6 Å². The third-order valence-corrected chi connectivity index (χ3v) is 10.6. The number of nitrogens with zero attached hydrogens (tertiary/aromatic N) is 3. The third-order valence-electron chi connectivity index (χ3n) is 7.45. The summed E-state index contributed by atoms with van der Waals surface area (Å²) in [4.78, 5) is 11.8.